The van der Waals surface area contributed by atoms with E-state index in [-0.39, 0.29) is 0 Å². The summed E-state index contributed by atoms with van der Waals surface area (Å²) in [5.41, 5.74) is 2.38. The molecule has 0 bridgehead atoms. The maximum atomic E-state index is 6.22. The molecule has 0 aliphatic carbocycles. The Kier molecular flexibility index (Phi) is 6.69. The standard InChI is InChI=1S/C15H25ClN2/c1-5-18(6-2)11-13(4)17-10-14-8-7-12(3)9-15(14)16/h7-9,13,17H,5-6,10-11H2,1-4H3. The van der Waals surface area contributed by atoms with Crippen molar-refractivity contribution in [3.8, 4) is 0 Å². The van der Waals surface area contributed by atoms with Crippen LogP contribution >= 0.6 is 11.6 Å². The van der Waals surface area contributed by atoms with Crippen molar-refractivity contribution in [1.82, 2.24) is 10.2 Å². The molecule has 1 aromatic carbocycles. The molecule has 0 heterocycles. The molecule has 0 fully saturated rings. The topological polar surface area (TPSA) is 15.3 Å². The molecule has 3 heteroatoms. The minimum absolute atomic E-state index is 0.474. The van der Waals surface area contributed by atoms with Crippen molar-refractivity contribution in [1.29, 1.82) is 0 Å². The first-order valence-electron chi connectivity index (χ1n) is 6.77. The van der Waals surface area contributed by atoms with Gasteiger partial charge in [0.1, 0.15) is 0 Å². The Labute approximate surface area is 116 Å². The molecule has 0 aliphatic rings. The molecular formula is C15H25ClN2. The maximum absolute atomic E-state index is 6.22. The molecule has 0 aromatic heterocycles. The summed E-state index contributed by atoms with van der Waals surface area (Å²) in [6.45, 7) is 12.8. The van der Waals surface area contributed by atoms with Crippen molar-refractivity contribution in [3.63, 3.8) is 0 Å². The van der Waals surface area contributed by atoms with E-state index in [1.54, 1.807) is 0 Å². The van der Waals surface area contributed by atoms with Crippen LogP contribution in [0, 0.1) is 6.92 Å². The van der Waals surface area contributed by atoms with Crippen LogP contribution in [0.25, 0.3) is 0 Å². The average Bonchev–Trinajstić information content (AvgIpc) is 2.35. The molecule has 1 aromatic rings. The first-order valence-corrected chi connectivity index (χ1v) is 7.15. The molecule has 0 saturated carbocycles. The first-order chi connectivity index (χ1) is 8.56. The van der Waals surface area contributed by atoms with Crippen molar-refractivity contribution in [2.75, 3.05) is 19.6 Å². The molecule has 102 valence electrons. The Hall–Kier alpha value is -0.570. The van der Waals surface area contributed by atoms with Gasteiger partial charge >= 0.3 is 0 Å². The van der Waals surface area contributed by atoms with E-state index in [0.717, 1.165) is 31.2 Å². The summed E-state index contributed by atoms with van der Waals surface area (Å²) >= 11 is 6.22. The lowest BCUT2D eigenvalue weighted by atomic mass is 10.1. The lowest BCUT2D eigenvalue weighted by Gasteiger charge is -2.23. The third-order valence-electron chi connectivity index (χ3n) is 3.28. The summed E-state index contributed by atoms with van der Waals surface area (Å²) in [7, 11) is 0. The Bertz CT molecular complexity index is 362. The Morgan fingerprint density at radius 2 is 1.94 bits per heavy atom. The van der Waals surface area contributed by atoms with Crippen molar-refractivity contribution >= 4 is 11.6 Å². The molecular weight excluding hydrogens is 244 g/mol. The van der Waals surface area contributed by atoms with Crippen molar-refractivity contribution in [3.05, 3.63) is 34.3 Å². The van der Waals surface area contributed by atoms with E-state index >= 15 is 0 Å². The van der Waals surface area contributed by atoms with Crippen LogP contribution in [-0.2, 0) is 6.54 Å². The van der Waals surface area contributed by atoms with Gasteiger partial charge in [-0.25, -0.2) is 0 Å². The van der Waals surface area contributed by atoms with Gasteiger partial charge in [0.15, 0.2) is 0 Å². The molecule has 0 amide bonds. The van der Waals surface area contributed by atoms with Gasteiger partial charge < -0.3 is 10.2 Å². The smallest absolute Gasteiger partial charge is 0.0453 e. The summed E-state index contributed by atoms with van der Waals surface area (Å²) in [6, 6.07) is 6.71. The molecule has 18 heavy (non-hydrogen) atoms. The number of nitrogens with one attached hydrogen (secondary N) is 1. The summed E-state index contributed by atoms with van der Waals surface area (Å²) in [5.74, 6) is 0. The molecule has 1 N–H and O–H groups in total. The normalized spacial score (nSPS) is 13.0. The van der Waals surface area contributed by atoms with Gasteiger partial charge in [0.05, 0.1) is 0 Å². The zero-order valence-corrected chi connectivity index (χ0v) is 12.7. The van der Waals surface area contributed by atoms with Crippen LogP contribution in [0.1, 0.15) is 31.9 Å². The highest BCUT2D eigenvalue weighted by Crippen LogP contribution is 2.17. The number of rotatable bonds is 7. The number of aryl methyl sites for hydroxylation is 1. The molecule has 2 nitrogen and oxygen atoms in total. The number of hydrogen-bond donors (Lipinski definition) is 1. The third kappa shape index (κ3) is 4.97. The lowest BCUT2D eigenvalue weighted by Crippen LogP contribution is -2.38. The van der Waals surface area contributed by atoms with E-state index in [1.165, 1.54) is 11.1 Å². The molecule has 1 unspecified atom stereocenters. The van der Waals surface area contributed by atoms with Gasteiger partial charge in [-0.2, -0.15) is 0 Å². The van der Waals surface area contributed by atoms with Crippen LogP contribution in [0.15, 0.2) is 18.2 Å². The largest absolute Gasteiger partial charge is 0.309 e. The second-order valence-corrected chi connectivity index (χ2v) is 5.27. The zero-order chi connectivity index (χ0) is 13.5. The van der Waals surface area contributed by atoms with Crippen LogP contribution in [0.4, 0.5) is 0 Å². The van der Waals surface area contributed by atoms with E-state index < -0.39 is 0 Å². The number of benzene rings is 1. The van der Waals surface area contributed by atoms with Crippen LogP contribution in [0.3, 0.4) is 0 Å². The highest BCUT2D eigenvalue weighted by molar-refractivity contribution is 6.31. The van der Waals surface area contributed by atoms with Crippen molar-refractivity contribution in [2.24, 2.45) is 0 Å². The quantitative estimate of drug-likeness (QED) is 0.815. The van der Waals surface area contributed by atoms with Crippen LogP contribution < -0.4 is 5.32 Å². The third-order valence-corrected chi connectivity index (χ3v) is 3.63. The number of likely N-dealkylation sites (N-methyl/N-ethyl adjacent to an activating group) is 1. The number of halogens is 1. The second-order valence-electron chi connectivity index (χ2n) is 4.86. The molecule has 1 atom stereocenters. The minimum atomic E-state index is 0.474. The first kappa shape index (κ1) is 15.5. The van der Waals surface area contributed by atoms with Gasteiger partial charge in [-0.3, -0.25) is 0 Å². The monoisotopic (exact) mass is 268 g/mol. The fraction of sp³-hybridized carbons (Fsp3) is 0.600. The van der Waals surface area contributed by atoms with Gasteiger partial charge in [0.2, 0.25) is 0 Å². The Balaban J connectivity index is 2.44. The highest BCUT2D eigenvalue weighted by atomic mass is 35.5. The highest BCUT2D eigenvalue weighted by Gasteiger charge is 2.07. The average molecular weight is 269 g/mol. The number of hydrogen-bond acceptors (Lipinski definition) is 2. The van der Waals surface area contributed by atoms with E-state index in [4.69, 9.17) is 11.6 Å². The molecule has 0 aliphatic heterocycles. The lowest BCUT2D eigenvalue weighted by molar-refractivity contribution is 0.270. The zero-order valence-electron chi connectivity index (χ0n) is 12.0. The van der Waals surface area contributed by atoms with Gasteiger partial charge in [-0.15, -0.1) is 0 Å². The Morgan fingerprint density at radius 1 is 1.28 bits per heavy atom. The molecule has 0 spiro atoms. The van der Waals surface area contributed by atoms with E-state index in [9.17, 15) is 0 Å². The van der Waals surface area contributed by atoms with Gasteiger partial charge in [-0.05, 0) is 44.1 Å². The minimum Gasteiger partial charge on any atom is -0.309 e. The van der Waals surface area contributed by atoms with Crippen molar-refractivity contribution < 1.29 is 0 Å². The summed E-state index contributed by atoms with van der Waals surface area (Å²) in [5, 5.41) is 4.39. The fourth-order valence-corrected chi connectivity index (χ4v) is 2.32. The summed E-state index contributed by atoms with van der Waals surface area (Å²) in [6.07, 6.45) is 0. The van der Waals surface area contributed by atoms with Crippen LogP contribution in [0.2, 0.25) is 5.02 Å². The SMILES string of the molecule is CCN(CC)CC(C)NCc1ccc(C)cc1Cl. The fourth-order valence-electron chi connectivity index (χ4n) is 2.01. The Morgan fingerprint density at radius 3 is 2.50 bits per heavy atom. The summed E-state index contributed by atoms with van der Waals surface area (Å²) in [4.78, 5) is 2.43. The molecule has 0 saturated heterocycles. The van der Waals surface area contributed by atoms with E-state index in [1.807, 2.05) is 6.07 Å². The summed E-state index contributed by atoms with van der Waals surface area (Å²) < 4.78 is 0. The van der Waals surface area contributed by atoms with Gasteiger partial charge in [0.25, 0.3) is 0 Å². The maximum Gasteiger partial charge on any atom is 0.0453 e. The molecule has 1 rings (SSSR count). The van der Waals surface area contributed by atoms with E-state index in [0.29, 0.717) is 6.04 Å². The van der Waals surface area contributed by atoms with Crippen LogP contribution in [0.5, 0.6) is 0 Å². The molecule has 0 radical (unpaired) electrons. The second kappa shape index (κ2) is 7.78. The van der Waals surface area contributed by atoms with Gasteiger partial charge in [-0.1, -0.05) is 37.6 Å². The number of nitrogens with zero attached hydrogens (tertiary/aromatic N) is 1. The van der Waals surface area contributed by atoms with E-state index in [2.05, 4.69) is 50.0 Å². The van der Waals surface area contributed by atoms with Crippen LogP contribution in [-0.4, -0.2) is 30.6 Å². The van der Waals surface area contributed by atoms with Gasteiger partial charge in [0, 0.05) is 24.2 Å². The van der Waals surface area contributed by atoms with Crippen molar-refractivity contribution in [2.45, 2.75) is 40.3 Å². The predicted octanol–water partition coefficient (Wildman–Crippen LogP) is 3.47. The predicted molar refractivity (Wildman–Crippen MR) is 80.3 cm³/mol.